The third-order valence-electron chi connectivity index (χ3n) is 3.45. The Kier molecular flexibility index (Phi) is 6.98. The number of aromatic nitrogens is 2. The molecule has 1 N–H and O–H groups in total. The van der Waals surface area contributed by atoms with Crippen LogP contribution in [0.15, 0.2) is 12.4 Å². The van der Waals surface area contributed by atoms with Crippen LogP contribution in [0.5, 0.6) is 0 Å². The van der Waals surface area contributed by atoms with Crippen LogP contribution >= 0.6 is 0 Å². The lowest BCUT2D eigenvalue weighted by molar-refractivity contribution is 0.268. The molecule has 18 heavy (non-hydrogen) atoms. The van der Waals surface area contributed by atoms with Crippen molar-refractivity contribution in [3.05, 3.63) is 18.2 Å². The normalized spacial score (nSPS) is 11.7. The quantitative estimate of drug-likeness (QED) is 0.682. The zero-order valence-corrected chi connectivity index (χ0v) is 12.3. The number of nitrogens with zero attached hydrogens (tertiary/aromatic N) is 3. The lowest BCUT2D eigenvalue weighted by Crippen LogP contribution is -2.28. The highest BCUT2D eigenvalue weighted by Crippen LogP contribution is 1.97. The monoisotopic (exact) mass is 252 g/mol. The number of nitrogens with one attached hydrogen (secondary N) is 1. The number of unbranched alkanes of at least 4 members (excludes halogenated alkanes) is 1. The third-order valence-corrected chi connectivity index (χ3v) is 3.45. The number of hydrogen-bond acceptors (Lipinski definition) is 3. The van der Waals surface area contributed by atoms with Crippen LogP contribution < -0.4 is 5.32 Å². The second-order valence-electron chi connectivity index (χ2n) is 5.20. The van der Waals surface area contributed by atoms with Gasteiger partial charge in [-0.15, -0.1) is 0 Å². The highest BCUT2D eigenvalue weighted by atomic mass is 15.1. The SMILES string of the molecule is Cc1nccn1CCNCCCCN(C)C(C)C. The average molecular weight is 252 g/mol. The van der Waals surface area contributed by atoms with Gasteiger partial charge in [0, 0.05) is 31.5 Å². The van der Waals surface area contributed by atoms with E-state index in [0.29, 0.717) is 6.04 Å². The van der Waals surface area contributed by atoms with Crippen LogP contribution in [0, 0.1) is 6.92 Å². The van der Waals surface area contributed by atoms with Crippen LogP contribution in [-0.2, 0) is 6.54 Å². The molecule has 104 valence electrons. The van der Waals surface area contributed by atoms with E-state index in [1.807, 2.05) is 19.3 Å². The van der Waals surface area contributed by atoms with Gasteiger partial charge in [-0.3, -0.25) is 0 Å². The van der Waals surface area contributed by atoms with E-state index < -0.39 is 0 Å². The zero-order valence-electron chi connectivity index (χ0n) is 12.3. The van der Waals surface area contributed by atoms with Crippen molar-refractivity contribution in [3.63, 3.8) is 0 Å². The smallest absolute Gasteiger partial charge is 0.105 e. The van der Waals surface area contributed by atoms with Crippen molar-refractivity contribution >= 4 is 0 Å². The molecule has 0 saturated carbocycles. The highest BCUT2D eigenvalue weighted by Gasteiger charge is 2.01. The molecular weight excluding hydrogens is 224 g/mol. The van der Waals surface area contributed by atoms with Crippen LogP contribution in [-0.4, -0.2) is 47.2 Å². The predicted molar refractivity (Wildman–Crippen MR) is 76.8 cm³/mol. The van der Waals surface area contributed by atoms with E-state index in [1.165, 1.54) is 19.4 Å². The predicted octanol–water partition coefficient (Wildman–Crippen LogP) is 1.90. The summed E-state index contributed by atoms with van der Waals surface area (Å²) >= 11 is 0. The summed E-state index contributed by atoms with van der Waals surface area (Å²) in [5, 5.41) is 3.49. The first-order valence-electron chi connectivity index (χ1n) is 7.00. The first kappa shape index (κ1) is 15.2. The Morgan fingerprint density at radius 2 is 2.11 bits per heavy atom. The van der Waals surface area contributed by atoms with E-state index in [-0.39, 0.29) is 0 Å². The minimum absolute atomic E-state index is 0.655. The van der Waals surface area contributed by atoms with Crippen LogP contribution in [0.25, 0.3) is 0 Å². The molecular formula is C14H28N4. The van der Waals surface area contributed by atoms with Crippen molar-refractivity contribution < 1.29 is 0 Å². The Hall–Kier alpha value is -0.870. The lowest BCUT2D eigenvalue weighted by atomic mass is 10.2. The van der Waals surface area contributed by atoms with Crippen LogP contribution in [0.3, 0.4) is 0 Å². The molecule has 0 fully saturated rings. The Balaban J connectivity index is 1.95. The van der Waals surface area contributed by atoms with Crippen molar-refractivity contribution in [2.24, 2.45) is 0 Å². The van der Waals surface area contributed by atoms with Gasteiger partial charge in [-0.05, 0) is 53.8 Å². The Morgan fingerprint density at radius 3 is 2.72 bits per heavy atom. The molecule has 0 aliphatic rings. The van der Waals surface area contributed by atoms with Crippen molar-refractivity contribution in [1.82, 2.24) is 19.8 Å². The Labute approximate surface area is 111 Å². The van der Waals surface area contributed by atoms with E-state index in [4.69, 9.17) is 0 Å². The summed E-state index contributed by atoms with van der Waals surface area (Å²) in [5.41, 5.74) is 0. The molecule has 4 nitrogen and oxygen atoms in total. The average Bonchev–Trinajstić information content (AvgIpc) is 2.73. The summed E-state index contributed by atoms with van der Waals surface area (Å²) in [7, 11) is 2.19. The van der Waals surface area contributed by atoms with Gasteiger partial charge in [0.1, 0.15) is 5.82 Å². The van der Waals surface area contributed by atoms with E-state index in [9.17, 15) is 0 Å². The summed E-state index contributed by atoms with van der Waals surface area (Å²) in [4.78, 5) is 6.61. The molecule has 0 saturated heterocycles. The fraction of sp³-hybridized carbons (Fsp3) is 0.786. The number of rotatable bonds is 9. The second-order valence-corrected chi connectivity index (χ2v) is 5.20. The first-order chi connectivity index (χ1) is 8.61. The van der Waals surface area contributed by atoms with Gasteiger partial charge in [0.15, 0.2) is 0 Å². The highest BCUT2D eigenvalue weighted by molar-refractivity contribution is 4.88. The van der Waals surface area contributed by atoms with Gasteiger partial charge < -0.3 is 14.8 Å². The molecule has 0 aliphatic heterocycles. The lowest BCUT2D eigenvalue weighted by Gasteiger charge is -2.20. The molecule has 1 aromatic rings. The third kappa shape index (κ3) is 5.65. The topological polar surface area (TPSA) is 33.1 Å². The molecule has 0 radical (unpaired) electrons. The van der Waals surface area contributed by atoms with Gasteiger partial charge in [-0.25, -0.2) is 4.98 Å². The van der Waals surface area contributed by atoms with Gasteiger partial charge in [0.05, 0.1) is 0 Å². The molecule has 0 bridgehead atoms. The summed E-state index contributed by atoms with van der Waals surface area (Å²) in [6.07, 6.45) is 6.41. The standard InChI is InChI=1S/C14H28N4/c1-13(2)17(4)10-6-5-7-15-8-11-18-12-9-16-14(18)3/h9,12-13,15H,5-8,10-11H2,1-4H3. The summed E-state index contributed by atoms with van der Waals surface area (Å²) in [5.74, 6) is 1.09. The summed E-state index contributed by atoms with van der Waals surface area (Å²) in [6, 6.07) is 0.655. The van der Waals surface area contributed by atoms with Gasteiger partial charge in [0.2, 0.25) is 0 Å². The van der Waals surface area contributed by atoms with Crippen molar-refractivity contribution in [1.29, 1.82) is 0 Å². The molecule has 0 spiro atoms. The molecule has 1 aromatic heterocycles. The summed E-state index contributed by atoms with van der Waals surface area (Å²) in [6.45, 7) is 10.9. The zero-order chi connectivity index (χ0) is 13.4. The molecule has 4 heteroatoms. The van der Waals surface area contributed by atoms with Crippen LogP contribution in [0.2, 0.25) is 0 Å². The molecule has 0 amide bonds. The van der Waals surface area contributed by atoms with Gasteiger partial charge >= 0.3 is 0 Å². The Morgan fingerprint density at radius 1 is 1.33 bits per heavy atom. The van der Waals surface area contributed by atoms with Gasteiger partial charge in [0.25, 0.3) is 0 Å². The Bertz CT molecular complexity index is 319. The largest absolute Gasteiger partial charge is 0.334 e. The number of hydrogen-bond donors (Lipinski definition) is 1. The van der Waals surface area contributed by atoms with Gasteiger partial charge in [-0.1, -0.05) is 0 Å². The fourth-order valence-electron chi connectivity index (χ4n) is 1.83. The first-order valence-corrected chi connectivity index (χ1v) is 7.00. The van der Waals surface area contributed by atoms with Crippen LogP contribution in [0.1, 0.15) is 32.5 Å². The van der Waals surface area contributed by atoms with Gasteiger partial charge in [-0.2, -0.15) is 0 Å². The maximum absolute atomic E-state index is 4.21. The van der Waals surface area contributed by atoms with E-state index in [1.54, 1.807) is 0 Å². The van der Waals surface area contributed by atoms with E-state index >= 15 is 0 Å². The molecule has 1 rings (SSSR count). The second kappa shape index (κ2) is 8.27. The number of imidazole rings is 1. The summed E-state index contributed by atoms with van der Waals surface area (Å²) < 4.78 is 2.18. The molecule has 0 aliphatic carbocycles. The maximum atomic E-state index is 4.21. The van der Waals surface area contributed by atoms with Crippen LogP contribution in [0.4, 0.5) is 0 Å². The van der Waals surface area contributed by atoms with Crippen molar-refractivity contribution in [2.45, 2.75) is 46.2 Å². The molecule has 0 atom stereocenters. The number of aryl methyl sites for hydroxylation is 1. The minimum atomic E-state index is 0.655. The fourth-order valence-corrected chi connectivity index (χ4v) is 1.83. The van der Waals surface area contributed by atoms with E-state index in [0.717, 1.165) is 25.5 Å². The van der Waals surface area contributed by atoms with Crippen molar-refractivity contribution in [3.8, 4) is 0 Å². The molecule has 1 heterocycles. The molecule has 0 aromatic carbocycles. The minimum Gasteiger partial charge on any atom is -0.334 e. The maximum Gasteiger partial charge on any atom is 0.105 e. The van der Waals surface area contributed by atoms with Crippen molar-refractivity contribution in [2.75, 3.05) is 26.7 Å². The molecule has 0 unspecified atom stereocenters. The van der Waals surface area contributed by atoms with E-state index in [2.05, 4.69) is 40.7 Å².